The summed E-state index contributed by atoms with van der Waals surface area (Å²) in [5, 5.41) is 0. The number of hydrogen-bond donors (Lipinski definition) is 0. The number of rotatable bonds is 6. The minimum atomic E-state index is -0.328. The van der Waals surface area contributed by atoms with Gasteiger partial charge in [0.1, 0.15) is 6.54 Å². The number of aromatic nitrogens is 1. The van der Waals surface area contributed by atoms with Crippen LogP contribution in [0.5, 0.6) is 5.75 Å². The maximum Gasteiger partial charge on any atom is 0.293 e. The number of carbonyl (C=O) groups excluding carboxylic acids is 2. The molecule has 2 amide bonds. The zero-order chi connectivity index (χ0) is 18.4. The zero-order valence-corrected chi connectivity index (χ0v) is 15.2. The normalized spacial score (nSPS) is 17.2. The highest BCUT2D eigenvalue weighted by Crippen LogP contribution is 2.19. The molecule has 7 heteroatoms. The molecule has 0 spiro atoms. The topological polar surface area (TPSA) is 71.8 Å². The van der Waals surface area contributed by atoms with E-state index in [-0.39, 0.29) is 35.6 Å². The zero-order valence-electron chi connectivity index (χ0n) is 15.2. The Labute approximate surface area is 148 Å². The third kappa shape index (κ3) is 4.41. The first-order valence-corrected chi connectivity index (χ1v) is 8.81. The Morgan fingerprint density at radius 3 is 2.68 bits per heavy atom. The van der Waals surface area contributed by atoms with Crippen LogP contribution in [0.2, 0.25) is 0 Å². The largest absolute Gasteiger partial charge is 0.491 e. The molecule has 138 valence electrons. The Morgan fingerprint density at radius 2 is 2.04 bits per heavy atom. The van der Waals surface area contributed by atoms with Crippen molar-refractivity contribution in [2.45, 2.75) is 33.2 Å². The second-order valence-corrected chi connectivity index (χ2v) is 6.20. The summed E-state index contributed by atoms with van der Waals surface area (Å²) in [6.07, 6.45) is 3.18. The molecule has 0 bridgehead atoms. The van der Waals surface area contributed by atoms with E-state index >= 15 is 0 Å². The molecule has 0 aromatic carbocycles. The van der Waals surface area contributed by atoms with Crippen molar-refractivity contribution in [3.63, 3.8) is 0 Å². The van der Waals surface area contributed by atoms with Gasteiger partial charge >= 0.3 is 0 Å². The van der Waals surface area contributed by atoms with Crippen LogP contribution in [0.1, 0.15) is 26.7 Å². The van der Waals surface area contributed by atoms with Crippen molar-refractivity contribution in [1.29, 1.82) is 0 Å². The van der Waals surface area contributed by atoms with Gasteiger partial charge in [-0.05, 0) is 38.8 Å². The quantitative estimate of drug-likeness (QED) is 0.767. The molecule has 0 radical (unpaired) electrons. The van der Waals surface area contributed by atoms with E-state index in [1.165, 1.54) is 11.7 Å². The molecule has 7 nitrogen and oxygen atoms in total. The van der Waals surface area contributed by atoms with E-state index in [9.17, 15) is 14.4 Å². The lowest BCUT2D eigenvalue weighted by atomic mass is 9.96. The number of carbonyl (C=O) groups is 2. The van der Waals surface area contributed by atoms with Crippen molar-refractivity contribution in [2.24, 2.45) is 5.92 Å². The minimum Gasteiger partial charge on any atom is -0.491 e. The molecule has 1 aliphatic rings. The van der Waals surface area contributed by atoms with Crippen LogP contribution < -0.4 is 10.3 Å². The SMILES string of the molecule is CCN(CC)C(=O)[C@H]1CCCN(C(=O)Cn2cccc(OC)c2=O)C1. The van der Waals surface area contributed by atoms with Gasteiger partial charge in [0.2, 0.25) is 11.8 Å². The molecule has 2 rings (SSSR count). The highest BCUT2D eigenvalue weighted by molar-refractivity contribution is 5.81. The summed E-state index contributed by atoms with van der Waals surface area (Å²) in [5.74, 6) is 0.0246. The van der Waals surface area contributed by atoms with E-state index in [4.69, 9.17) is 4.74 Å². The molecule has 0 N–H and O–H groups in total. The van der Waals surface area contributed by atoms with Gasteiger partial charge < -0.3 is 19.1 Å². The molecule has 25 heavy (non-hydrogen) atoms. The van der Waals surface area contributed by atoms with E-state index in [0.717, 1.165) is 12.8 Å². The van der Waals surface area contributed by atoms with Crippen molar-refractivity contribution in [2.75, 3.05) is 33.3 Å². The molecule has 1 aliphatic heterocycles. The van der Waals surface area contributed by atoms with Gasteiger partial charge in [-0.1, -0.05) is 0 Å². The molecule has 0 unspecified atom stereocenters. The Hall–Kier alpha value is -2.31. The van der Waals surface area contributed by atoms with Gasteiger partial charge in [-0.15, -0.1) is 0 Å². The van der Waals surface area contributed by atoms with Crippen molar-refractivity contribution in [1.82, 2.24) is 14.4 Å². The van der Waals surface area contributed by atoms with Crippen molar-refractivity contribution >= 4 is 11.8 Å². The molecule has 1 fully saturated rings. The van der Waals surface area contributed by atoms with E-state index in [1.54, 1.807) is 23.2 Å². The summed E-state index contributed by atoms with van der Waals surface area (Å²) in [7, 11) is 1.43. The number of likely N-dealkylation sites (tertiary alicyclic amines) is 1. The smallest absolute Gasteiger partial charge is 0.293 e. The standard InChI is InChI=1S/C18H27N3O4/c1-4-19(5-2)17(23)14-8-6-10-20(12-14)16(22)13-21-11-7-9-15(25-3)18(21)24/h7,9,11,14H,4-6,8,10,12-13H2,1-3H3/t14-/m0/s1. The summed E-state index contributed by atoms with van der Waals surface area (Å²) >= 11 is 0. The van der Waals surface area contributed by atoms with E-state index in [0.29, 0.717) is 26.2 Å². The van der Waals surface area contributed by atoms with Gasteiger partial charge in [-0.25, -0.2) is 0 Å². The maximum absolute atomic E-state index is 12.6. The Bertz CT molecular complexity index is 667. The number of ether oxygens (including phenoxy) is 1. The molecular weight excluding hydrogens is 322 g/mol. The van der Waals surface area contributed by atoms with Crippen molar-refractivity contribution < 1.29 is 14.3 Å². The van der Waals surface area contributed by atoms with E-state index in [2.05, 4.69) is 0 Å². The molecule has 0 aliphatic carbocycles. The summed E-state index contributed by atoms with van der Waals surface area (Å²) in [5.41, 5.74) is -0.328. The third-order valence-electron chi connectivity index (χ3n) is 4.71. The average molecular weight is 349 g/mol. The predicted octanol–water partition coefficient (Wildman–Crippen LogP) is 0.964. The maximum atomic E-state index is 12.6. The van der Waals surface area contributed by atoms with Crippen LogP contribution in [0.15, 0.2) is 23.1 Å². The van der Waals surface area contributed by atoms with Gasteiger partial charge in [0, 0.05) is 32.4 Å². The highest BCUT2D eigenvalue weighted by Gasteiger charge is 2.30. The predicted molar refractivity (Wildman–Crippen MR) is 94.5 cm³/mol. The fraction of sp³-hybridized carbons (Fsp3) is 0.611. The fourth-order valence-corrected chi connectivity index (χ4v) is 3.24. The van der Waals surface area contributed by atoms with Gasteiger partial charge in [0.15, 0.2) is 5.75 Å². The number of amides is 2. The fourth-order valence-electron chi connectivity index (χ4n) is 3.24. The van der Waals surface area contributed by atoms with E-state index in [1.807, 2.05) is 18.7 Å². The molecule has 1 saturated heterocycles. The second kappa shape index (κ2) is 8.69. The summed E-state index contributed by atoms with van der Waals surface area (Å²) in [4.78, 5) is 40.8. The van der Waals surface area contributed by atoms with Gasteiger partial charge in [-0.3, -0.25) is 14.4 Å². The molecule has 1 aromatic heterocycles. The molecule has 0 saturated carbocycles. The van der Waals surface area contributed by atoms with Crippen molar-refractivity contribution in [3.05, 3.63) is 28.7 Å². The second-order valence-electron chi connectivity index (χ2n) is 6.20. The first-order chi connectivity index (χ1) is 12.0. The number of hydrogen-bond acceptors (Lipinski definition) is 4. The van der Waals surface area contributed by atoms with Crippen LogP contribution in [0, 0.1) is 5.92 Å². The van der Waals surface area contributed by atoms with Gasteiger partial charge in [0.25, 0.3) is 5.56 Å². The van der Waals surface area contributed by atoms with Crippen LogP contribution in [-0.4, -0.2) is 59.5 Å². The Kier molecular flexibility index (Phi) is 6.61. The Morgan fingerprint density at radius 1 is 1.32 bits per heavy atom. The molecule has 1 atom stereocenters. The average Bonchev–Trinajstić information content (AvgIpc) is 2.64. The number of methoxy groups -OCH3 is 1. The summed E-state index contributed by atoms with van der Waals surface area (Å²) in [6.45, 7) is 6.29. The molecule has 2 heterocycles. The summed E-state index contributed by atoms with van der Waals surface area (Å²) < 4.78 is 6.35. The molecular formula is C18H27N3O4. The van der Waals surface area contributed by atoms with Gasteiger partial charge in [-0.2, -0.15) is 0 Å². The highest BCUT2D eigenvalue weighted by atomic mass is 16.5. The first kappa shape index (κ1) is 19.0. The van der Waals surface area contributed by atoms with Crippen LogP contribution in [0.3, 0.4) is 0 Å². The summed E-state index contributed by atoms with van der Waals surface area (Å²) in [6, 6.07) is 3.25. The van der Waals surface area contributed by atoms with E-state index < -0.39 is 0 Å². The monoisotopic (exact) mass is 349 g/mol. The van der Waals surface area contributed by atoms with Crippen LogP contribution in [-0.2, 0) is 16.1 Å². The Balaban J connectivity index is 2.05. The van der Waals surface area contributed by atoms with Gasteiger partial charge in [0.05, 0.1) is 13.0 Å². The lowest BCUT2D eigenvalue weighted by Crippen LogP contribution is -2.48. The number of piperidine rings is 1. The lowest BCUT2D eigenvalue weighted by molar-refractivity contribution is -0.140. The van der Waals surface area contributed by atoms with Crippen LogP contribution >= 0.6 is 0 Å². The lowest BCUT2D eigenvalue weighted by Gasteiger charge is -2.34. The number of pyridine rings is 1. The first-order valence-electron chi connectivity index (χ1n) is 8.81. The van der Waals surface area contributed by atoms with Crippen LogP contribution in [0.4, 0.5) is 0 Å². The minimum absolute atomic E-state index is 0.0395. The van der Waals surface area contributed by atoms with Crippen LogP contribution in [0.25, 0.3) is 0 Å². The third-order valence-corrected chi connectivity index (χ3v) is 4.71. The number of nitrogens with zero attached hydrogens (tertiary/aromatic N) is 3. The molecule has 1 aromatic rings. The van der Waals surface area contributed by atoms with Crippen molar-refractivity contribution in [3.8, 4) is 5.75 Å².